The predicted molar refractivity (Wildman–Crippen MR) is 43.0 cm³/mol. The minimum atomic E-state index is -4.64. The number of rotatable bonds is 0. The van der Waals surface area contributed by atoms with Crippen LogP contribution in [0.3, 0.4) is 0 Å². The summed E-state index contributed by atoms with van der Waals surface area (Å²) in [6.07, 6.45) is 0. The van der Waals surface area contributed by atoms with Gasteiger partial charge >= 0.3 is 66.9 Å². The molecule has 60 valence electrons. The Morgan fingerprint density at radius 2 is 0.900 bits per heavy atom. The molecular weight excluding hydrogens is 208 g/mol. The molecule has 0 spiro atoms. The fourth-order valence-electron chi connectivity index (χ4n) is 0. The monoisotopic (exact) mass is 218 g/mol. The number of halogens is 1. The van der Waals surface area contributed by atoms with Crippen molar-refractivity contribution in [2.75, 3.05) is 0 Å². The molecule has 0 saturated heterocycles. The van der Waals surface area contributed by atoms with Gasteiger partial charge in [0.2, 0.25) is 0 Å². The Balaban J connectivity index is -0.00000000800. The van der Waals surface area contributed by atoms with Crippen molar-refractivity contribution in [3.8, 4) is 0 Å². The van der Waals surface area contributed by atoms with E-state index < -0.39 is 7.82 Å². The number of hydrogen-bond acceptors (Lipinski definition) is 1. The Bertz CT molecular complexity index is 61.9. The zero-order valence-corrected chi connectivity index (χ0v) is 5.32. The van der Waals surface area contributed by atoms with E-state index in [0.717, 1.165) is 0 Å². The molecule has 0 rings (SSSR count). The van der Waals surface area contributed by atoms with Crippen LogP contribution >= 0.6 is 20.2 Å². The van der Waals surface area contributed by atoms with Gasteiger partial charge in [0.1, 0.15) is 0 Å². The van der Waals surface area contributed by atoms with Crippen LogP contribution in [0.5, 0.6) is 0 Å². The number of phosphoric acid groups is 1. The van der Waals surface area contributed by atoms with E-state index in [1.165, 1.54) is 0 Å². The average molecular weight is 218 g/mol. The molecule has 0 unspecified atom stereocenters. The summed E-state index contributed by atoms with van der Waals surface area (Å²) in [4.78, 5) is 21.6. The summed E-state index contributed by atoms with van der Waals surface area (Å²) in [6.45, 7) is 0. The zero-order valence-electron chi connectivity index (χ0n) is 3.61. The molecule has 0 saturated carbocycles. The van der Waals surface area contributed by atoms with E-state index in [-0.39, 0.29) is 82.5 Å². The van der Waals surface area contributed by atoms with Gasteiger partial charge in [-0.1, -0.05) is 0 Å². The average Bonchev–Trinajstić information content (AvgIpc) is 0.722. The van der Waals surface area contributed by atoms with Gasteiger partial charge in [0.05, 0.1) is 0 Å². The Labute approximate surface area is 108 Å². The Morgan fingerprint density at radius 1 is 0.900 bits per heavy atom. The molecule has 0 heterocycles. The van der Waals surface area contributed by atoms with Gasteiger partial charge < -0.3 is 25.6 Å². The van der Waals surface area contributed by atoms with Gasteiger partial charge in [-0.05, 0) is 0 Å². The van der Waals surface area contributed by atoms with Gasteiger partial charge in [0.15, 0.2) is 0 Å². The van der Waals surface area contributed by atoms with E-state index in [4.69, 9.17) is 19.2 Å². The standard InChI is InChI=1S/ClH.2Na.H3O4P.2H2O.2H/c;;;1-5(2,3)4;;;;/h1H;;;(H3,1,2,3,4);2*1H2;;. The molecule has 0 aromatic carbocycles. The Morgan fingerprint density at radius 3 is 0.900 bits per heavy atom. The Hall–Kier alpha value is 2.32. The van der Waals surface area contributed by atoms with Crippen molar-refractivity contribution in [1.29, 1.82) is 0 Å². The molecule has 0 aliphatic carbocycles. The van der Waals surface area contributed by atoms with Crippen molar-refractivity contribution in [3.63, 3.8) is 0 Å². The van der Waals surface area contributed by atoms with E-state index >= 15 is 0 Å². The van der Waals surface area contributed by atoms with Crippen LogP contribution in [0.4, 0.5) is 0 Å². The molecule has 0 aliphatic heterocycles. The van der Waals surface area contributed by atoms with Crippen LogP contribution in [0.15, 0.2) is 0 Å². The van der Waals surface area contributed by atoms with Crippen molar-refractivity contribution in [3.05, 3.63) is 0 Å². The van der Waals surface area contributed by atoms with Gasteiger partial charge in [-0.25, -0.2) is 4.57 Å². The summed E-state index contributed by atoms with van der Waals surface area (Å²) < 4.78 is 8.88. The van der Waals surface area contributed by atoms with Crippen molar-refractivity contribution in [2.24, 2.45) is 0 Å². The number of hydrogen-bond donors (Lipinski definition) is 3. The van der Waals surface area contributed by atoms with E-state index in [0.29, 0.717) is 0 Å². The van der Waals surface area contributed by atoms with Crippen molar-refractivity contribution < 1.29 is 30.2 Å². The van der Waals surface area contributed by atoms with E-state index in [2.05, 4.69) is 0 Å². The summed E-state index contributed by atoms with van der Waals surface area (Å²) in [7, 11) is -4.64. The van der Waals surface area contributed by atoms with E-state index in [1.807, 2.05) is 0 Å². The normalized spacial score (nSPS) is 5.90. The first kappa shape index (κ1) is 39.5. The quantitative estimate of drug-likeness (QED) is 0.287. The zero-order chi connectivity index (χ0) is 4.50. The fraction of sp³-hybridized carbons (Fsp3) is 0. The third kappa shape index (κ3) is 167. The summed E-state index contributed by atoms with van der Waals surface area (Å²) >= 11 is 0. The second kappa shape index (κ2) is 17.4. The first-order chi connectivity index (χ1) is 2.00. The maximum atomic E-state index is 8.88. The topological polar surface area (TPSA) is 141 Å². The molecule has 0 bridgehead atoms. The molecule has 0 amide bonds. The molecule has 10 heavy (non-hydrogen) atoms. The van der Waals surface area contributed by atoms with E-state index in [1.54, 1.807) is 0 Å². The predicted octanol–water partition coefficient (Wildman–Crippen LogP) is -3.45. The molecule has 0 aromatic rings. The van der Waals surface area contributed by atoms with Crippen molar-refractivity contribution in [1.82, 2.24) is 0 Å². The first-order valence-corrected chi connectivity index (χ1v) is 2.35. The van der Waals surface area contributed by atoms with Gasteiger partial charge in [-0.2, -0.15) is 0 Å². The third-order valence-electron chi connectivity index (χ3n) is 0. The van der Waals surface area contributed by atoms with Crippen LogP contribution in [-0.2, 0) is 4.57 Å². The SMILES string of the molecule is Cl.O.O.O=P(O)(O)O.[NaH].[NaH]. The second-order valence-corrected chi connectivity index (χ2v) is 1.54. The first-order valence-electron chi connectivity index (χ1n) is 0.783. The van der Waals surface area contributed by atoms with Gasteiger partial charge in [0.25, 0.3) is 0 Å². The van der Waals surface area contributed by atoms with Crippen LogP contribution in [0.25, 0.3) is 0 Å². The van der Waals surface area contributed by atoms with Gasteiger partial charge in [-0.3, -0.25) is 0 Å². The molecule has 0 aromatic heterocycles. The molecule has 6 nitrogen and oxygen atoms in total. The summed E-state index contributed by atoms with van der Waals surface area (Å²) in [5.74, 6) is 0. The van der Waals surface area contributed by atoms with Crippen LogP contribution in [-0.4, -0.2) is 84.7 Å². The van der Waals surface area contributed by atoms with Crippen molar-refractivity contribution >= 4 is 79.3 Å². The third-order valence-corrected chi connectivity index (χ3v) is 0. The summed E-state index contributed by atoms with van der Waals surface area (Å²) in [6, 6.07) is 0. The maximum absolute atomic E-state index is 8.88. The molecule has 0 radical (unpaired) electrons. The minimum absolute atomic E-state index is 0. The second-order valence-electron chi connectivity index (χ2n) is 0.513. The van der Waals surface area contributed by atoms with E-state index in [9.17, 15) is 0 Å². The summed E-state index contributed by atoms with van der Waals surface area (Å²) in [5, 5.41) is 0. The van der Waals surface area contributed by atoms with Crippen LogP contribution in [0.2, 0.25) is 0 Å². The van der Waals surface area contributed by atoms with Crippen LogP contribution in [0.1, 0.15) is 0 Å². The van der Waals surface area contributed by atoms with Crippen LogP contribution < -0.4 is 0 Å². The summed E-state index contributed by atoms with van der Waals surface area (Å²) in [5.41, 5.74) is 0. The van der Waals surface area contributed by atoms with Crippen molar-refractivity contribution in [2.45, 2.75) is 0 Å². The van der Waals surface area contributed by atoms with Crippen LogP contribution in [0, 0.1) is 0 Å². The molecule has 7 N–H and O–H groups in total. The van der Waals surface area contributed by atoms with Gasteiger partial charge in [-0.15, -0.1) is 12.4 Å². The molecule has 0 aliphatic rings. The molecule has 0 fully saturated rings. The molecule has 0 atom stereocenters. The fourth-order valence-corrected chi connectivity index (χ4v) is 0. The van der Waals surface area contributed by atoms with Gasteiger partial charge in [0, 0.05) is 0 Å². The Kier molecular flexibility index (Phi) is 68.8. The molecule has 10 heteroatoms. The molecular formula is H10ClNa2O6P.